The third-order valence-corrected chi connectivity index (χ3v) is 4.24. The monoisotopic (exact) mass is 343 g/mol. The molecule has 0 spiro atoms. The minimum absolute atomic E-state index is 0.266. The van der Waals surface area contributed by atoms with Crippen molar-refractivity contribution in [3.63, 3.8) is 0 Å². The summed E-state index contributed by atoms with van der Waals surface area (Å²) in [5, 5.41) is 4.07. The lowest BCUT2D eigenvalue weighted by Crippen LogP contribution is -2.17. The highest BCUT2D eigenvalue weighted by atomic mass is 35.5. The first-order valence-electron chi connectivity index (χ1n) is 7.52. The molecule has 3 aromatic rings. The van der Waals surface area contributed by atoms with Crippen molar-refractivity contribution in [2.45, 2.75) is 6.92 Å². The lowest BCUT2D eigenvalue weighted by molar-refractivity contribution is 0.0998. The van der Waals surface area contributed by atoms with Crippen LogP contribution in [-0.2, 0) is 0 Å². The van der Waals surface area contributed by atoms with Crippen molar-refractivity contribution in [3.05, 3.63) is 52.7 Å². The van der Waals surface area contributed by atoms with Gasteiger partial charge in [-0.05, 0) is 13.0 Å². The van der Waals surface area contributed by atoms with Crippen LogP contribution in [0.5, 0.6) is 11.5 Å². The Morgan fingerprint density at radius 2 is 1.83 bits per heavy atom. The van der Waals surface area contributed by atoms with Crippen LogP contribution >= 0.6 is 11.6 Å². The molecule has 122 valence electrons. The van der Waals surface area contributed by atoms with E-state index in [-0.39, 0.29) is 11.7 Å². The Hall–Kier alpha value is -2.66. The highest BCUT2D eigenvalue weighted by Gasteiger charge is 2.20. The van der Waals surface area contributed by atoms with Crippen molar-refractivity contribution >= 4 is 34.2 Å². The zero-order valence-corrected chi connectivity index (χ0v) is 13.6. The summed E-state index contributed by atoms with van der Waals surface area (Å²) < 4.78 is 16.7. The third kappa shape index (κ3) is 2.47. The number of amides is 1. The van der Waals surface area contributed by atoms with E-state index >= 15 is 0 Å². The number of carbonyl (C=O) groups is 1. The number of furan rings is 1. The van der Waals surface area contributed by atoms with Crippen LogP contribution in [0.1, 0.15) is 16.1 Å². The summed E-state index contributed by atoms with van der Waals surface area (Å²) in [6, 6.07) is 10.8. The summed E-state index contributed by atoms with van der Waals surface area (Å²) in [6.45, 7) is 2.80. The smallest absolute Gasteiger partial charge is 0.291 e. The quantitative estimate of drug-likeness (QED) is 0.748. The second-order valence-electron chi connectivity index (χ2n) is 5.48. The third-order valence-electron chi connectivity index (χ3n) is 3.93. The molecule has 0 unspecified atom stereocenters. The lowest BCUT2D eigenvalue weighted by atomic mass is 10.1. The number of nitrogens with one attached hydrogen (secondary N) is 1. The molecule has 1 N–H and O–H groups in total. The maximum atomic E-state index is 12.6. The molecule has 4 rings (SSSR count). The molecule has 0 fully saturated rings. The average Bonchev–Trinajstić information content (AvgIpc) is 2.93. The maximum Gasteiger partial charge on any atom is 0.291 e. The van der Waals surface area contributed by atoms with E-state index in [9.17, 15) is 4.79 Å². The van der Waals surface area contributed by atoms with Crippen LogP contribution in [0.2, 0.25) is 5.02 Å². The molecular formula is C18H14ClNO4. The SMILES string of the molecule is Cc1c(C(=O)Nc2cc3c(cc2Cl)OCCO3)oc2ccccc12. The Labute approximate surface area is 143 Å². The molecule has 0 aliphatic carbocycles. The number of aryl methyl sites for hydroxylation is 1. The van der Waals surface area contributed by atoms with Gasteiger partial charge in [-0.1, -0.05) is 29.8 Å². The van der Waals surface area contributed by atoms with Crippen LogP contribution in [0.25, 0.3) is 11.0 Å². The Morgan fingerprint density at radius 1 is 1.12 bits per heavy atom. The second kappa shape index (κ2) is 5.76. The standard InChI is InChI=1S/C18H14ClNO4/c1-10-11-4-2-3-5-14(11)24-17(10)18(21)20-13-9-16-15(8-12(13)19)22-6-7-23-16/h2-5,8-9H,6-7H2,1H3,(H,20,21). The van der Waals surface area contributed by atoms with Crippen LogP contribution in [0.3, 0.4) is 0 Å². The molecule has 24 heavy (non-hydrogen) atoms. The van der Waals surface area contributed by atoms with Gasteiger partial charge in [0.15, 0.2) is 17.3 Å². The molecule has 6 heteroatoms. The van der Waals surface area contributed by atoms with Crippen LogP contribution in [0.4, 0.5) is 5.69 Å². The molecule has 0 bridgehead atoms. The van der Waals surface area contributed by atoms with E-state index in [0.29, 0.717) is 41.0 Å². The Bertz CT molecular complexity index is 948. The largest absolute Gasteiger partial charge is 0.486 e. The van der Waals surface area contributed by atoms with Crippen molar-refractivity contribution in [1.29, 1.82) is 0 Å². The summed E-state index contributed by atoms with van der Waals surface area (Å²) in [6.07, 6.45) is 0. The van der Waals surface area contributed by atoms with Gasteiger partial charge in [-0.2, -0.15) is 0 Å². The van der Waals surface area contributed by atoms with Crippen molar-refractivity contribution in [2.24, 2.45) is 0 Å². The summed E-state index contributed by atoms with van der Waals surface area (Å²) in [7, 11) is 0. The number of carbonyl (C=O) groups excluding carboxylic acids is 1. The first-order valence-corrected chi connectivity index (χ1v) is 7.90. The van der Waals surface area contributed by atoms with Crippen molar-refractivity contribution in [2.75, 3.05) is 18.5 Å². The lowest BCUT2D eigenvalue weighted by Gasteiger charge is -2.19. The molecule has 2 heterocycles. The molecule has 0 saturated carbocycles. The van der Waals surface area contributed by atoms with Gasteiger partial charge in [0, 0.05) is 23.1 Å². The van der Waals surface area contributed by atoms with Gasteiger partial charge in [0.2, 0.25) is 0 Å². The normalized spacial score (nSPS) is 13.1. The number of hydrogen-bond acceptors (Lipinski definition) is 4. The van der Waals surface area contributed by atoms with Gasteiger partial charge < -0.3 is 19.2 Å². The molecule has 1 amide bonds. The number of anilines is 1. The van der Waals surface area contributed by atoms with E-state index in [4.69, 9.17) is 25.5 Å². The number of fused-ring (bicyclic) bond motifs is 2. The minimum Gasteiger partial charge on any atom is -0.486 e. The van der Waals surface area contributed by atoms with Crippen LogP contribution < -0.4 is 14.8 Å². The highest BCUT2D eigenvalue weighted by Crippen LogP contribution is 2.38. The fourth-order valence-electron chi connectivity index (χ4n) is 2.73. The van der Waals surface area contributed by atoms with Gasteiger partial charge in [0.25, 0.3) is 5.91 Å². The van der Waals surface area contributed by atoms with Gasteiger partial charge in [-0.25, -0.2) is 0 Å². The van der Waals surface area contributed by atoms with E-state index in [2.05, 4.69) is 5.32 Å². The van der Waals surface area contributed by atoms with Crippen LogP contribution in [0.15, 0.2) is 40.8 Å². The predicted molar refractivity (Wildman–Crippen MR) is 91.3 cm³/mol. The van der Waals surface area contributed by atoms with E-state index in [0.717, 1.165) is 10.9 Å². The zero-order valence-electron chi connectivity index (χ0n) is 12.9. The molecule has 5 nitrogen and oxygen atoms in total. The zero-order chi connectivity index (χ0) is 16.7. The first kappa shape index (κ1) is 14.9. The fourth-order valence-corrected chi connectivity index (χ4v) is 2.93. The maximum absolute atomic E-state index is 12.6. The number of hydrogen-bond donors (Lipinski definition) is 1. The Kier molecular flexibility index (Phi) is 3.58. The van der Waals surface area contributed by atoms with Gasteiger partial charge in [0.1, 0.15) is 18.8 Å². The van der Waals surface area contributed by atoms with E-state index in [1.54, 1.807) is 12.1 Å². The topological polar surface area (TPSA) is 60.7 Å². The fraction of sp³-hybridized carbons (Fsp3) is 0.167. The Balaban J connectivity index is 1.67. The number of para-hydroxylation sites is 1. The van der Waals surface area contributed by atoms with Gasteiger partial charge in [-0.15, -0.1) is 0 Å². The van der Waals surface area contributed by atoms with Gasteiger partial charge >= 0.3 is 0 Å². The summed E-state index contributed by atoms with van der Waals surface area (Å²) in [4.78, 5) is 12.6. The molecule has 1 aliphatic rings. The van der Waals surface area contributed by atoms with Gasteiger partial charge in [-0.3, -0.25) is 4.79 Å². The van der Waals surface area contributed by atoms with Gasteiger partial charge in [0.05, 0.1) is 10.7 Å². The molecule has 2 aromatic carbocycles. The van der Waals surface area contributed by atoms with E-state index < -0.39 is 0 Å². The summed E-state index contributed by atoms with van der Waals surface area (Å²) >= 11 is 6.23. The van der Waals surface area contributed by atoms with E-state index in [1.807, 2.05) is 31.2 Å². The van der Waals surface area contributed by atoms with Crippen LogP contribution in [-0.4, -0.2) is 19.1 Å². The highest BCUT2D eigenvalue weighted by molar-refractivity contribution is 6.34. The predicted octanol–water partition coefficient (Wildman–Crippen LogP) is 4.42. The summed E-state index contributed by atoms with van der Waals surface area (Å²) in [5.74, 6) is 1.04. The summed E-state index contributed by atoms with van der Waals surface area (Å²) in [5.41, 5.74) is 1.91. The number of rotatable bonds is 2. The molecule has 0 saturated heterocycles. The van der Waals surface area contributed by atoms with Crippen molar-refractivity contribution < 1.29 is 18.7 Å². The van der Waals surface area contributed by atoms with Crippen molar-refractivity contribution in [1.82, 2.24) is 0 Å². The van der Waals surface area contributed by atoms with Crippen LogP contribution in [0, 0.1) is 6.92 Å². The number of halogens is 1. The average molecular weight is 344 g/mol. The second-order valence-corrected chi connectivity index (χ2v) is 5.89. The number of ether oxygens (including phenoxy) is 2. The minimum atomic E-state index is -0.359. The molecule has 1 aromatic heterocycles. The van der Waals surface area contributed by atoms with E-state index in [1.165, 1.54) is 0 Å². The van der Waals surface area contributed by atoms with Crippen molar-refractivity contribution in [3.8, 4) is 11.5 Å². The molecule has 0 radical (unpaired) electrons. The molecule has 1 aliphatic heterocycles. The first-order chi connectivity index (χ1) is 11.6. The number of benzene rings is 2. The molecule has 0 atom stereocenters. The molecular weight excluding hydrogens is 330 g/mol. The Morgan fingerprint density at radius 3 is 2.58 bits per heavy atom.